The number of ether oxygens (including phenoxy) is 2. The molecular formula is C15H10ClFN2O2. The van der Waals surface area contributed by atoms with Gasteiger partial charge in [-0.05, 0) is 12.1 Å². The molecule has 21 heavy (non-hydrogen) atoms. The van der Waals surface area contributed by atoms with Gasteiger partial charge in [-0.3, -0.25) is 0 Å². The number of imidazole rings is 1. The first-order valence-electron chi connectivity index (χ1n) is 6.46. The molecule has 0 aliphatic carbocycles. The minimum Gasteiger partial charge on any atom is -0.486 e. The molecule has 6 heteroatoms. The van der Waals surface area contributed by atoms with E-state index in [9.17, 15) is 4.39 Å². The number of fused-ring (bicyclic) bond motifs is 2. The van der Waals surface area contributed by atoms with E-state index in [2.05, 4.69) is 9.97 Å². The first kappa shape index (κ1) is 12.5. The molecule has 106 valence electrons. The van der Waals surface area contributed by atoms with Crippen LogP contribution in [0, 0.1) is 5.82 Å². The fraction of sp³-hybridized carbons (Fsp3) is 0.133. The lowest BCUT2D eigenvalue weighted by Crippen LogP contribution is -2.15. The van der Waals surface area contributed by atoms with E-state index < -0.39 is 5.82 Å². The molecule has 0 radical (unpaired) electrons. The second-order valence-electron chi connectivity index (χ2n) is 4.70. The SMILES string of the molecule is Fc1c(Cl)cccc1-c1nc2cc3c(cc2[nH]1)OCCO3. The molecule has 0 unspecified atom stereocenters. The molecular weight excluding hydrogens is 295 g/mol. The highest BCUT2D eigenvalue weighted by Gasteiger charge is 2.17. The minimum atomic E-state index is -0.490. The summed E-state index contributed by atoms with van der Waals surface area (Å²) in [6, 6.07) is 8.41. The number of H-pyrrole nitrogens is 1. The van der Waals surface area contributed by atoms with Gasteiger partial charge in [-0.1, -0.05) is 17.7 Å². The molecule has 3 aromatic rings. The molecule has 0 saturated carbocycles. The van der Waals surface area contributed by atoms with E-state index >= 15 is 0 Å². The number of aromatic nitrogens is 2. The molecule has 0 atom stereocenters. The summed E-state index contributed by atoms with van der Waals surface area (Å²) in [7, 11) is 0. The molecule has 0 bridgehead atoms. The molecule has 2 heterocycles. The largest absolute Gasteiger partial charge is 0.486 e. The lowest BCUT2D eigenvalue weighted by molar-refractivity contribution is 0.172. The Kier molecular flexibility index (Phi) is 2.75. The van der Waals surface area contributed by atoms with Crippen molar-refractivity contribution in [2.24, 2.45) is 0 Å². The maximum Gasteiger partial charge on any atom is 0.163 e. The Morgan fingerprint density at radius 3 is 2.71 bits per heavy atom. The average Bonchev–Trinajstić information content (AvgIpc) is 2.90. The topological polar surface area (TPSA) is 47.1 Å². The molecule has 0 fully saturated rings. The van der Waals surface area contributed by atoms with Crippen molar-refractivity contribution in [2.45, 2.75) is 0 Å². The summed E-state index contributed by atoms with van der Waals surface area (Å²) in [4.78, 5) is 7.49. The predicted molar refractivity (Wildman–Crippen MR) is 77.5 cm³/mol. The third kappa shape index (κ3) is 2.01. The van der Waals surface area contributed by atoms with Crippen molar-refractivity contribution in [3.63, 3.8) is 0 Å². The van der Waals surface area contributed by atoms with Crippen molar-refractivity contribution >= 4 is 22.6 Å². The van der Waals surface area contributed by atoms with E-state index in [1.807, 2.05) is 6.07 Å². The van der Waals surface area contributed by atoms with Crippen molar-refractivity contribution in [2.75, 3.05) is 13.2 Å². The van der Waals surface area contributed by atoms with E-state index in [1.165, 1.54) is 6.07 Å². The summed E-state index contributed by atoms with van der Waals surface area (Å²) in [5.74, 6) is 1.25. The van der Waals surface area contributed by atoms with Crippen LogP contribution < -0.4 is 9.47 Å². The lowest BCUT2D eigenvalue weighted by Gasteiger charge is -2.17. The summed E-state index contributed by atoms with van der Waals surface area (Å²) >= 11 is 5.81. The zero-order chi connectivity index (χ0) is 14.4. The number of rotatable bonds is 1. The van der Waals surface area contributed by atoms with Gasteiger partial charge < -0.3 is 14.5 Å². The molecule has 1 aromatic heterocycles. The fourth-order valence-electron chi connectivity index (χ4n) is 2.36. The molecule has 4 nitrogen and oxygen atoms in total. The number of benzene rings is 2. The average molecular weight is 305 g/mol. The Hall–Kier alpha value is -2.27. The van der Waals surface area contributed by atoms with E-state index in [-0.39, 0.29) is 5.02 Å². The van der Waals surface area contributed by atoms with Gasteiger partial charge in [-0.2, -0.15) is 0 Å². The molecule has 4 rings (SSSR count). The van der Waals surface area contributed by atoms with Crippen molar-refractivity contribution < 1.29 is 13.9 Å². The molecule has 1 N–H and O–H groups in total. The normalized spacial score (nSPS) is 13.6. The Morgan fingerprint density at radius 2 is 1.90 bits per heavy atom. The van der Waals surface area contributed by atoms with Crippen molar-refractivity contribution in [3.05, 3.63) is 41.2 Å². The van der Waals surface area contributed by atoms with Crippen LogP contribution in [0.2, 0.25) is 5.02 Å². The highest BCUT2D eigenvalue weighted by Crippen LogP contribution is 2.35. The Bertz CT molecular complexity index is 804. The van der Waals surface area contributed by atoms with Crippen LogP contribution in [0.1, 0.15) is 0 Å². The number of hydrogen-bond acceptors (Lipinski definition) is 3. The number of halogens is 2. The third-order valence-corrected chi connectivity index (χ3v) is 3.64. The van der Waals surface area contributed by atoms with Crippen LogP contribution in [0.4, 0.5) is 4.39 Å². The van der Waals surface area contributed by atoms with Gasteiger partial charge in [0.05, 0.1) is 21.6 Å². The van der Waals surface area contributed by atoms with Crippen LogP contribution in [0.5, 0.6) is 11.5 Å². The Balaban J connectivity index is 1.89. The zero-order valence-corrected chi connectivity index (χ0v) is 11.6. The van der Waals surface area contributed by atoms with E-state index in [0.29, 0.717) is 41.6 Å². The summed E-state index contributed by atoms with van der Waals surface area (Å²) in [6.45, 7) is 1.03. The fourth-order valence-corrected chi connectivity index (χ4v) is 2.54. The molecule has 0 amide bonds. The van der Waals surface area contributed by atoms with Gasteiger partial charge in [0, 0.05) is 12.1 Å². The lowest BCUT2D eigenvalue weighted by atomic mass is 10.2. The number of hydrogen-bond donors (Lipinski definition) is 1. The highest BCUT2D eigenvalue weighted by molar-refractivity contribution is 6.31. The van der Waals surface area contributed by atoms with Crippen LogP contribution in [0.3, 0.4) is 0 Å². The van der Waals surface area contributed by atoms with E-state index in [0.717, 1.165) is 5.52 Å². The third-order valence-electron chi connectivity index (χ3n) is 3.35. The van der Waals surface area contributed by atoms with E-state index in [1.54, 1.807) is 18.2 Å². The maximum absolute atomic E-state index is 14.1. The van der Waals surface area contributed by atoms with Gasteiger partial charge in [-0.15, -0.1) is 0 Å². The smallest absolute Gasteiger partial charge is 0.163 e. The first-order chi connectivity index (χ1) is 10.2. The second kappa shape index (κ2) is 4.63. The van der Waals surface area contributed by atoms with Gasteiger partial charge in [-0.25, -0.2) is 9.37 Å². The molecule has 2 aromatic carbocycles. The number of aromatic amines is 1. The van der Waals surface area contributed by atoms with E-state index in [4.69, 9.17) is 21.1 Å². The van der Waals surface area contributed by atoms with Crippen molar-refractivity contribution in [1.82, 2.24) is 9.97 Å². The van der Waals surface area contributed by atoms with Crippen molar-refractivity contribution in [1.29, 1.82) is 0 Å². The quantitative estimate of drug-likeness (QED) is 0.744. The molecule has 0 saturated heterocycles. The van der Waals surface area contributed by atoms with Crippen LogP contribution in [0.25, 0.3) is 22.4 Å². The maximum atomic E-state index is 14.1. The van der Waals surface area contributed by atoms with Crippen molar-refractivity contribution in [3.8, 4) is 22.9 Å². The Morgan fingerprint density at radius 1 is 1.14 bits per heavy atom. The number of nitrogens with one attached hydrogen (secondary N) is 1. The standard InChI is InChI=1S/C15H10ClFN2O2/c16-9-3-1-2-8(14(9)17)15-18-10-6-12-13(7-11(10)19-15)21-5-4-20-12/h1-3,6-7H,4-5H2,(H,18,19). The van der Waals surface area contributed by atoms with Gasteiger partial charge in [0.2, 0.25) is 0 Å². The Labute approximate surface area is 124 Å². The van der Waals surface area contributed by atoms with Gasteiger partial charge >= 0.3 is 0 Å². The van der Waals surface area contributed by atoms with Crippen LogP contribution in [-0.2, 0) is 0 Å². The predicted octanol–water partition coefficient (Wildman–Crippen LogP) is 3.79. The van der Waals surface area contributed by atoms with Gasteiger partial charge in [0.25, 0.3) is 0 Å². The summed E-state index contributed by atoms with van der Waals surface area (Å²) in [5, 5.41) is 0.0684. The highest BCUT2D eigenvalue weighted by atomic mass is 35.5. The monoisotopic (exact) mass is 304 g/mol. The second-order valence-corrected chi connectivity index (χ2v) is 5.11. The summed E-state index contributed by atoms with van der Waals surface area (Å²) in [6.07, 6.45) is 0. The van der Waals surface area contributed by atoms with Crippen LogP contribution in [0.15, 0.2) is 30.3 Å². The zero-order valence-electron chi connectivity index (χ0n) is 10.8. The minimum absolute atomic E-state index is 0.0684. The summed E-state index contributed by atoms with van der Waals surface area (Å²) < 4.78 is 25.1. The first-order valence-corrected chi connectivity index (χ1v) is 6.84. The number of nitrogens with zero attached hydrogens (tertiary/aromatic N) is 1. The van der Waals surface area contributed by atoms with Crippen LogP contribution >= 0.6 is 11.6 Å². The van der Waals surface area contributed by atoms with Crippen LogP contribution in [-0.4, -0.2) is 23.2 Å². The molecule has 1 aliphatic rings. The summed E-state index contributed by atoms with van der Waals surface area (Å²) in [5.41, 5.74) is 1.78. The van der Waals surface area contributed by atoms with Gasteiger partial charge in [0.1, 0.15) is 19.0 Å². The van der Waals surface area contributed by atoms with Gasteiger partial charge in [0.15, 0.2) is 17.3 Å². The molecule has 1 aliphatic heterocycles. The molecule has 0 spiro atoms.